The molecule has 1 aliphatic rings. The van der Waals surface area contributed by atoms with Crippen molar-refractivity contribution in [3.63, 3.8) is 0 Å². The Hall–Kier alpha value is -1.85. The van der Waals surface area contributed by atoms with Crippen molar-refractivity contribution in [2.75, 3.05) is 23.7 Å². The van der Waals surface area contributed by atoms with Crippen molar-refractivity contribution >= 4 is 22.8 Å². The summed E-state index contributed by atoms with van der Waals surface area (Å²) in [5.74, 6) is 1.90. The molecule has 3 rings (SSSR count). The fourth-order valence-electron chi connectivity index (χ4n) is 3.04. The summed E-state index contributed by atoms with van der Waals surface area (Å²) in [6, 6.07) is 0. The molecule has 1 fully saturated rings. The van der Waals surface area contributed by atoms with E-state index in [9.17, 15) is 0 Å². The van der Waals surface area contributed by atoms with Crippen LogP contribution in [0.5, 0.6) is 0 Å². The van der Waals surface area contributed by atoms with Crippen LogP contribution in [-0.4, -0.2) is 32.8 Å². The number of hydrogen-bond acceptors (Lipinski definition) is 5. The number of nitrogen functional groups attached to an aromatic ring is 1. The third-order valence-corrected chi connectivity index (χ3v) is 4.54. The van der Waals surface area contributed by atoms with Crippen molar-refractivity contribution < 1.29 is 0 Å². The second kappa shape index (κ2) is 4.86. The first-order chi connectivity index (χ1) is 9.86. The largest absolute Gasteiger partial charge is 0.383 e. The number of nitrogens with zero attached hydrogens (tertiary/aromatic N) is 5. The summed E-state index contributed by atoms with van der Waals surface area (Å²) in [5, 5.41) is 5.04. The van der Waals surface area contributed by atoms with Crippen LogP contribution >= 0.6 is 0 Å². The Kier molecular flexibility index (Phi) is 3.26. The summed E-state index contributed by atoms with van der Waals surface area (Å²) in [6.07, 6.45) is 4.17. The molecular formula is C15H24N6. The first kappa shape index (κ1) is 14.1. The molecule has 2 N–H and O–H groups in total. The summed E-state index contributed by atoms with van der Waals surface area (Å²) < 4.78 is 1.75. The van der Waals surface area contributed by atoms with Gasteiger partial charge in [-0.25, -0.2) is 0 Å². The van der Waals surface area contributed by atoms with Gasteiger partial charge in [-0.2, -0.15) is 15.1 Å². The third kappa shape index (κ3) is 2.54. The molecule has 0 amide bonds. The number of nitrogens with two attached hydrogens (primary N) is 1. The number of aromatic nitrogens is 4. The van der Waals surface area contributed by atoms with E-state index in [4.69, 9.17) is 5.73 Å². The van der Waals surface area contributed by atoms with Gasteiger partial charge in [-0.15, -0.1) is 0 Å². The predicted octanol–water partition coefficient (Wildman–Crippen LogP) is 2.21. The van der Waals surface area contributed by atoms with E-state index in [2.05, 4.69) is 40.7 Å². The molecule has 0 radical (unpaired) electrons. The lowest BCUT2D eigenvalue weighted by molar-refractivity contribution is 0.207. The lowest BCUT2D eigenvalue weighted by Gasteiger charge is -2.39. The van der Waals surface area contributed by atoms with E-state index in [0.29, 0.717) is 17.2 Å². The Balaban J connectivity index is 1.94. The Labute approximate surface area is 125 Å². The molecular weight excluding hydrogens is 264 g/mol. The number of hydrogen-bond donors (Lipinski definition) is 1. The molecule has 6 heteroatoms. The highest BCUT2D eigenvalue weighted by Gasteiger charge is 2.30. The maximum Gasteiger partial charge on any atom is 0.229 e. The summed E-state index contributed by atoms with van der Waals surface area (Å²) in [5.41, 5.74) is 7.17. The van der Waals surface area contributed by atoms with Gasteiger partial charge in [0.2, 0.25) is 5.95 Å². The zero-order valence-corrected chi connectivity index (χ0v) is 13.3. The zero-order chi connectivity index (χ0) is 15.2. The van der Waals surface area contributed by atoms with Gasteiger partial charge in [-0.05, 0) is 24.2 Å². The van der Waals surface area contributed by atoms with Gasteiger partial charge in [0, 0.05) is 20.1 Å². The fourth-order valence-corrected chi connectivity index (χ4v) is 3.04. The van der Waals surface area contributed by atoms with E-state index in [1.807, 2.05) is 7.05 Å². The van der Waals surface area contributed by atoms with E-state index in [1.54, 1.807) is 10.9 Å². The van der Waals surface area contributed by atoms with Crippen molar-refractivity contribution in [1.29, 1.82) is 0 Å². The first-order valence-electron chi connectivity index (χ1n) is 7.56. The van der Waals surface area contributed by atoms with Gasteiger partial charge in [0.05, 0.1) is 11.6 Å². The normalized spacial score (nSPS) is 20.2. The van der Waals surface area contributed by atoms with Crippen LogP contribution in [0.1, 0.15) is 33.6 Å². The van der Waals surface area contributed by atoms with Crippen LogP contribution in [0.15, 0.2) is 6.20 Å². The van der Waals surface area contributed by atoms with Crippen molar-refractivity contribution in [3.05, 3.63) is 6.20 Å². The van der Waals surface area contributed by atoms with Crippen LogP contribution in [0.25, 0.3) is 11.0 Å². The van der Waals surface area contributed by atoms with Crippen molar-refractivity contribution in [2.24, 2.45) is 18.4 Å². The lowest BCUT2D eigenvalue weighted by Crippen LogP contribution is -2.41. The summed E-state index contributed by atoms with van der Waals surface area (Å²) >= 11 is 0. The Morgan fingerprint density at radius 2 is 2.05 bits per heavy atom. The van der Waals surface area contributed by atoms with Crippen LogP contribution in [-0.2, 0) is 7.05 Å². The monoisotopic (exact) mass is 288 g/mol. The Morgan fingerprint density at radius 1 is 1.29 bits per heavy atom. The van der Waals surface area contributed by atoms with E-state index in [1.165, 1.54) is 12.8 Å². The highest BCUT2D eigenvalue weighted by atomic mass is 15.3. The zero-order valence-electron chi connectivity index (χ0n) is 13.3. The number of anilines is 2. The molecule has 0 spiro atoms. The van der Waals surface area contributed by atoms with E-state index < -0.39 is 0 Å². The van der Waals surface area contributed by atoms with Gasteiger partial charge in [0.1, 0.15) is 5.82 Å². The third-order valence-electron chi connectivity index (χ3n) is 4.54. The fraction of sp³-hybridized carbons (Fsp3) is 0.667. The maximum atomic E-state index is 6.07. The average molecular weight is 288 g/mol. The van der Waals surface area contributed by atoms with Gasteiger partial charge in [-0.3, -0.25) is 4.68 Å². The summed E-state index contributed by atoms with van der Waals surface area (Å²) in [4.78, 5) is 11.4. The standard InChI is InChI=1S/C15H24N6/c1-15(2,3)10-6-5-7-21(9-10)14-18-12(16)11-8-17-20(4)13(11)19-14/h8,10H,5-7,9H2,1-4H3,(H2,16,18,19)/t10-/m1/s1. The molecule has 0 unspecified atom stereocenters. The van der Waals surface area contributed by atoms with E-state index in [-0.39, 0.29) is 0 Å². The molecule has 0 bridgehead atoms. The molecule has 1 saturated heterocycles. The van der Waals surface area contributed by atoms with E-state index in [0.717, 1.165) is 30.1 Å². The second-order valence-electron chi connectivity index (χ2n) is 7.07. The summed E-state index contributed by atoms with van der Waals surface area (Å²) in [6.45, 7) is 8.91. The molecule has 0 saturated carbocycles. The number of aryl methyl sites for hydroxylation is 1. The number of fused-ring (bicyclic) bond motifs is 1. The molecule has 21 heavy (non-hydrogen) atoms. The Morgan fingerprint density at radius 3 is 2.76 bits per heavy atom. The van der Waals surface area contributed by atoms with Crippen molar-refractivity contribution in [1.82, 2.24) is 19.7 Å². The minimum Gasteiger partial charge on any atom is -0.383 e. The van der Waals surface area contributed by atoms with Crippen LogP contribution in [0.4, 0.5) is 11.8 Å². The van der Waals surface area contributed by atoms with Crippen LogP contribution < -0.4 is 10.6 Å². The van der Waals surface area contributed by atoms with Gasteiger partial charge >= 0.3 is 0 Å². The van der Waals surface area contributed by atoms with E-state index >= 15 is 0 Å². The van der Waals surface area contributed by atoms with Crippen LogP contribution in [0.2, 0.25) is 0 Å². The lowest BCUT2D eigenvalue weighted by atomic mass is 9.76. The van der Waals surface area contributed by atoms with Crippen LogP contribution in [0.3, 0.4) is 0 Å². The minimum atomic E-state index is 0.306. The molecule has 2 aromatic rings. The molecule has 114 valence electrons. The topological polar surface area (TPSA) is 72.9 Å². The Bertz CT molecular complexity index is 654. The maximum absolute atomic E-state index is 6.07. The molecule has 0 aliphatic carbocycles. The van der Waals surface area contributed by atoms with Gasteiger partial charge in [0.15, 0.2) is 5.65 Å². The van der Waals surface area contributed by atoms with Crippen LogP contribution in [0, 0.1) is 11.3 Å². The first-order valence-corrected chi connectivity index (χ1v) is 7.56. The smallest absolute Gasteiger partial charge is 0.229 e. The highest BCUT2D eigenvalue weighted by Crippen LogP contribution is 2.34. The van der Waals surface area contributed by atoms with Crippen molar-refractivity contribution in [3.8, 4) is 0 Å². The number of piperidine rings is 1. The van der Waals surface area contributed by atoms with Gasteiger partial charge in [0.25, 0.3) is 0 Å². The molecule has 0 aromatic carbocycles. The summed E-state index contributed by atoms with van der Waals surface area (Å²) in [7, 11) is 1.88. The van der Waals surface area contributed by atoms with Gasteiger partial charge < -0.3 is 10.6 Å². The minimum absolute atomic E-state index is 0.306. The predicted molar refractivity (Wildman–Crippen MR) is 85.1 cm³/mol. The molecule has 6 nitrogen and oxygen atoms in total. The SMILES string of the molecule is Cn1ncc2c(N)nc(N3CCC[C@@H](C(C)(C)C)C3)nc21. The molecule has 3 heterocycles. The second-order valence-corrected chi connectivity index (χ2v) is 7.07. The van der Waals surface area contributed by atoms with Crippen molar-refractivity contribution in [2.45, 2.75) is 33.6 Å². The number of rotatable bonds is 1. The molecule has 1 atom stereocenters. The average Bonchev–Trinajstić information content (AvgIpc) is 2.80. The highest BCUT2D eigenvalue weighted by molar-refractivity contribution is 5.86. The quantitative estimate of drug-likeness (QED) is 0.871. The molecule has 1 aliphatic heterocycles. The van der Waals surface area contributed by atoms with Gasteiger partial charge in [-0.1, -0.05) is 20.8 Å². The molecule has 2 aromatic heterocycles.